The van der Waals surface area contributed by atoms with Crippen LogP contribution < -0.4 is 21.6 Å². The number of carbonyl (C=O) groups excluding carboxylic acids is 2. The van der Waals surface area contributed by atoms with Gasteiger partial charge in [-0.1, -0.05) is 0 Å². The maximum atomic E-state index is 11.9. The van der Waals surface area contributed by atoms with Crippen LogP contribution in [0.15, 0.2) is 0 Å². The van der Waals surface area contributed by atoms with Crippen molar-refractivity contribution < 1.29 is 18.6 Å². The van der Waals surface area contributed by atoms with E-state index in [2.05, 4.69) is 10.6 Å². The minimum atomic E-state index is -4.83. The van der Waals surface area contributed by atoms with E-state index in [4.69, 9.17) is 31.3 Å². The number of nitrogens with two attached hydrogens (primary N) is 2. The summed E-state index contributed by atoms with van der Waals surface area (Å²) in [6.45, 7) is -4.83. The molecule has 0 aromatic heterocycles. The molecular formula is C14H28ClN4O4P. The number of nitrogens with one attached hydrogen (secondary N) is 2. The van der Waals surface area contributed by atoms with Crippen LogP contribution in [0.1, 0.15) is 64.2 Å². The summed E-state index contributed by atoms with van der Waals surface area (Å²) in [7, 11) is 0. The topological polar surface area (TPSA) is 129 Å². The molecule has 2 fully saturated rings. The molecule has 2 aliphatic carbocycles. The molecule has 6 N–H and O–H groups in total. The molecule has 8 nitrogen and oxygen atoms in total. The van der Waals surface area contributed by atoms with E-state index in [1.807, 2.05) is 0 Å². The third kappa shape index (κ3) is 6.97. The monoisotopic (exact) mass is 382 g/mol. The average Bonchev–Trinajstić information content (AvgIpc) is 2.46. The number of amides is 2. The van der Waals surface area contributed by atoms with Gasteiger partial charge in [0.05, 0.1) is 0 Å². The van der Waals surface area contributed by atoms with Crippen molar-refractivity contribution in [1.82, 2.24) is 10.6 Å². The molecule has 0 heterocycles. The molecule has 140 valence electrons. The van der Waals surface area contributed by atoms with Crippen LogP contribution in [0.3, 0.4) is 0 Å². The fourth-order valence-corrected chi connectivity index (χ4v) is 4.38. The van der Waals surface area contributed by atoms with E-state index < -0.39 is 18.9 Å². The Hall–Kier alpha value is -0.820. The third-order valence-electron chi connectivity index (χ3n) is 4.37. The van der Waals surface area contributed by atoms with Crippen LogP contribution in [0.2, 0.25) is 0 Å². The van der Waals surface area contributed by atoms with Gasteiger partial charge in [-0.05, 0) is 0 Å². The average molecular weight is 383 g/mol. The molecule has 2 aliphatic rings. The van der Waals surface area contributed by atoms with Crippen LogP contribution in [-0.2, 0) is 9.05 Å². The van der Waals surface area contributed by atoms with E-state index in [1.165, 1.54) is 0 Å². The van der Waals surface area contributed by atoms with Gasteiger partial charge < -0.3 is 0 Å². The van der Waals surface area contributed by atoms with Crippen LogP contribution in [0.25, 0.3) is 0 Å². The normalized spacial score (nSPS) is 22.0. The SMILES string of the molecule is NP(N)(Cl)(OC(=O)NC1CCCCC1)OC(=O)NC1CCCCC1. The Morgan fingerprint density at radius 3 is 1.46 bits per heavy atom. The number of halogens is 1. The van der Waals surface area contributed by atoms with E-state index >= 15 is 0 Å². The number of rotatable bonds is 4. The van der Waals surface area contributed by atoms with Gasteiger partial charge >= 0.3 is 147 Å². The number of hydrogen-bond acceptors (Lipinski definition) is 6. The maximum absolute atomic E-state index is 11.9. The Morgan fingerprint density at radius 2 is 1.12 bits per heavy atom. The summed E-state index contributed by atoms with van der Waals surface area (Å²) in [4.78, 5) is 23.9. The van der Waals surface area contributed by atoms with E-state index in [9.17, 15) is 9.59 Å². The molecule has 2 amide bonds. The summed E-state index contributed by atoms with van der Waals surface area (Å²) in [5.74, 6) is 0. The van der Waals surface area contributed by atoms with Crippen LogP contribution in [-0.4, -0.2) is 24.3 Å². The Kier molecular flexibility index (Phi) is 6.53. The molecular weight excluding hydrogens is 355 g/mol. The van der Waals surface area contributed by atoms with Gasteiger partial charge in [-0.25, -0.2) is 0 Å². The first-order valence-corrected chi connectivity index (χ1v) is 11.7. The Labute approximate surface area is 147 Å². The molecule has 0 aromatic rings. The molecule has 0 bridgehead atoms. The molecule has 0 aliphatic heterocycles. The first-order chi connectivity index (χ1) is 11.2. The van der Waals surface area contributed by atoms with E-state index in [-0.39, 0.29) is 12.1 Å². The summed E-state index contributed by atoms with van der Waals surface area (Å²) in [5, 5.41) is 5.34. The quantitative estimate of drug-likeness (QED) is 0.551. The van der Waals surface area contributed by atoms with E-state index in [0.29, 0.717) is 0 Å². The molecule has 0 spiro atoms. The van der Waals surface area contributed by atoms with Crippen molar-refractivity contribution in [1.29, 1.82) is 0 Å². The van der Waals surface area contributed by atoms with Crippen LogP contribution >= 0.6 is 18.0 Å². The minimum absolute atomic E-state index is 0.00550. The van der Waals surface area contributed by atoms with Crippen molar-refractivity contribution in [3.63, 3.8) is 0 Å². The molecule has 0 aromatic carbocycles. The van der Waals surface area contributed by atoms with Gasteiger partial charge in [-0.15, -0.1) is 0 Å². The van der Waals surface area contributed by atoms with Gasteiger partial charge in [0.1, 0.15) is 0 Å². The van der Waals surface area contributed by atoms with E-state index in [0.717, 1.165) is 64.2 Å². The van der Waals surface area contributed by atoms with Gasteiger partial charge in [-0.2, -0.15) is 0 Å². The number of hydrogen-bond donors (Lipinski definition) is 4. The predicted octanol–water partition coefficient (Wildman–Crippen LogP) is 3.39. The fraction of sp³-hybridized carbons (Fsp3) is 0.857. The summed E-state index contributed by atoms with van der Waals surface area (Å²) in [5.41, 5.74) is 11.4. The third-order valence-corrected chi connectivity index (χ3v) is 5.83. The molecule has 0 atom stereocenters. The Morgan fingerprint density at radius 1 is 0.792 bits per heavy atom. The number of carbonyl (C=O) groups is 2. The summed E-state index contributed by atoms with van der Waals surface area (Å²) in [6, 6.07) is 0.0110. The van der Waals surface area contributed by atoms with Crippen molar-refractivity contribution in [3.05, 3.63) is 0 Å². The standard InChI is InChI=1S/C14H28ClN4O4P/c15-24(16,17,22-13(20)18-11-7-3-1-4-8-11)23-14(21)19-12-9-5-2-6-10-12/h11-12H,1-10,16-17H2,(H,18,20)(H,19,21). The second-order valence-electron chi connectivity index (χ2n) is 6.69. The van der Waals surface area contributed by atoms with Gasteiger partial charge in [0.15, 0.2) is 0 Å². The van der Waals surface area contributed by atoms with Gasteiger partial charge in [-0.3, -0.25) is 0 Å². The predicted molar refractivity (Wildman–Crippen MR) is 94.1 cm³/mol. The molecule has 2 rings (SSSR count). The summed E-state index contributed by atoms with van der Waals surface area (Å²) >= 11 is 5.94. The summed E-state index contributed by atoms with van der Waals surface area (Å²) < 4.78 is 9.81. The molecule has 2 saturated carbocycles. The Balaban J connectivity index is 1.81. The zero-order valence-corrected chi connectivity index (χ0v) is 15.5. The molecule has 24 heavy (non-hydrogen) atoms. The molecule has 0 unspecified atom stereocenters. The first kappa shape index (κ1) is 19.5. The van der Waals surface area contributed by atoms with Crippen LogP contribution in [0.4, 0.5) is 9.59 Å². The fourth-order valence-electron chi connectivity index (χ4n) is 3.22. The van der Waals surface area contributed by atoms with Crippen LogP contribution in [0.5, 0.6) is 0 Å². The van der Waals surface area contributed by atoms with Crippen LogP contribution in [0, 0.1) is 0 Å². The first-order valence-electron chi connectivity index (χ1n) is 8.58. The van der Waals surface area contributed by atoms with Crippen molar-refractivity contribution in [2.75, 3.05) is 0 Å². The van der Waals surface area contributed by atoms with Gasteiger partial charge in [0.2, 0.25) is 0 Å². The second-order valence-corrected chi connectivity index (χ2v) is 11.0. The van der Waals surface area contributed by atoms with Crippen molar-refractivity contribution in [2.45, 2.75) is 76.3 Å². The molecule has 10 heteroatoms. The van der Waals surface area contributed by atoms with E-state index in [1.54, 1.807) is 0 Å². The van der Waals surface area contributed by atoms with Crippen molar-refractivity contribution in [2.24, 2.45) is 11.0 Å². The van der Waals surface area contributed by atoms with Crippen molar-refractivity contribution >= 4 is 30.1 Å². The summed E-state index contributed by atoms with van der Waals surface area (Å²) in [6.07, 6.45) is 8.23. The zero-order chi connectivity index (χ0) is 17.7. The van der Waals surface area contributed by atoms with Crippen molar-refractivity contribution in [3.8, 4) is 0 Å². The zero-order valence-electron chi connectivity index (χ0n) is 13.8. The second kappa shape index (κ2) is 8.04. The molecule has 0 radical (unpaired) electrons. The Bertz CT molecular complexity index is 421. The van der Waals surface area contributed by atoms with Gasteiger partial charge in [0.25, 0.3) is 0 Å². The van der Waals surface area contributed by atoms with Gasteiger partial charge in [0, 0.05) is 0 Å². The molecule has 0 saturated heterocycles.